The van der Waals surface area contributed by atoms with Gasteiger partial charge in [-0.15, -0.1) is 24.0 Å². The quantitative estimate of drug-likeness (QED) is 0.373. The number of nitrogens with zero attached hydrogens (tertiary/aromatic N) is 3. The highest BCUT2D eigenvalue weighted by molar-refractivity contribution is 14.0. The third-order valence-corrected chi connectivity index (χ3v) is 3.19. The van der Waals surface area contributed by atoms with Crippen LogP contribution in [0.25, 0.3) is 0 Å². The summed E-state index contributed by atoms with van der Waals surface area (Å²) < 4.78 is 38.5. The van der Waals surface area contributed by atoms with Crippen molar-refractivity contribution in [2.45, 2.75) is 46.8 Å². The summed E-state index contributed by atoms with van der Waals surface area (Å²) in [5, 5.41) is 10.1. The Balaban J connectivity index is 0.00000529. The number of alkyl halides is 3. The number of aromatic nitrogens is 2. The van der Waals surface area contributed by atoms with Crippen molar-refractivity contribution in [3.8, 4) is 0 Å². The number of guanidine groups is 1. The summed E-state index contributed by atoms with van der Waals surface area (Å²) in [5.41, 5.74) is 2.06. The predicted molar refractivity (Wildman–Crippen MR) is 101 cm³/mol. The molecule has 2 N–H and O–H groups in total. The van der Waals surface area contributed by atoms with Crippen LogP contribution in [0.3, 0.4) is 0 Å². The van der Waals surface area contributed by atoms with Gasteiger partial charge < -0.3 is 10.6 Å². The Labute approximate surface area is 158 Å². The fourth-order valence-corrected chi connectivity index (χ4v) is 2.12. The Morgan fingerprint density at radius 3 is 2.50 bits per heavy atom. The summed E-state index contributed by atoms with van der Waals surface area (Å²) in [4.78, 5) is 4.35. The molecule has 1 aromatic heterocycles. The van der Waals surface area contributed by atoms with Crippen molar-refractivity contribution in [3.63, 3.8) is 0 Å². The summed E-state index contributed by atoms with van der Waals surface area (Å²) in [5.74, 6) is 0.642. The molecule has 0 radical (unpaired) electrons. The molecule has 1 unspecified atom stereocenters. The Bertz CT molecular complexity index is 514. The van der Waals surface area contributed by atoms with Crippen LogP contribution in [-0.2, 0) is 6.54 Å². The monoisotopic (exact) mass is 461 g/mol. The summed E-state index contributed by atoms with van der Waals surface area (Å²) in [6, 6.07) is 2.01. The normalized spacial score (nSPS) is 13.4. The van der Waals surface area contributed by atoms with E-state index in [0.717, 1.165) is 17.9 Å². The first-order valence-electron chi connectivity index (χ1n) is 7.81. The van der Waals surface area contributed by atoms with E-state index in [9.17, 15) is 13.2 Å². The molecule has 5 nitrogen and oxygen atoms in total. The van der Waals surface area contributed by atoms with Crippen molar-refractivity contribution >= 4 is 29.9 Å². The van der Waals surface area contributed by atoms with Gasteiger partial charge in [-0.25, -0.2) is 0 Å². The molecule has 1 aromatic rings. The van der Waals surface area contributed by atoms with Gasteiger partial charge in [0.2, 0.25) is 0 Å². The third kappa shape index (κ3) is 9.33. The van der Waals surface area contributed by atoms with E-state index in [1.165, 1.54) is 0 Å². The fraction of sp³-hybridized carbons (Fsp3) is 0.733. The summed E-state index contributed by atoms with van der Waals surface area (Å²) in [6.07, 6.45) is -5.04. The largest absolute Gasteiger partial charge is 0.390 e. The van der Waals surface area contributed by atoms with Crippen molar-refractivity contribution in [1.29, 1.82) is 0 Å². The van der Waals surface area contributed by atoms with Crippen LogP contribution in [0.15, 0.2) is 11.1 Å². The van der Waals surface area contributed by atoms with Crippen LogP contribution in [0.4, 0.5) is 13.2 Å². The molecule has 0 amide bonds. The van der Waals surface area contributed by atoms with E-state index in [2.05, 4.69) is 20.7 Å². The van der Waals surface area contributed by atoms with Gasteiger partial charge in [0, 0.05) is 31.9 Å². The maximum atomic E-state index is 12.2. The molecule has 1 heterocycles. The van der Waals surface area contributed by atoms with Gasteiger partial charge in [0.05, 0.1) is 12.1 Å². The van der Waals surface area contributed by atoms with Crippen LogP contribution in [0.5, 0.6) is 0 Å². The highest BCUT2D eigenvalue weighted by Gasteiger charge is 2.26. The fourth-order valence-electron chi connectivity index (χ4n) is 2.12. The van der Waals surface area contributed by atoms with Crippen LogP contribution in [0, 0.1) is 19.8 Å². The minimum atomic E-state index is -4.16. The SMILES string of the molecule is CCNC(=NCC(C)Cn1nc(C)cc1C)NCCC(F)(F)F.I. The first-order chi connectivity index (χ1) is 10.7. The molecule has 0 fully saturated rings. The summed E-state index contributed by atoms with van der Waals surface area (Å²) in [7, 11) is 0. The van der Waals surface area contributed by atoms with E-state index in [-0.39, 0.29) is 36.4 Å². The van der Waals surface area contributed by atoms with Crippen LogP contribution in [0.1, 0.15) is 31.7 Å². The van der Waals surface area contributed by atoms with Crippen molar-refractivity contribution in [2.24, 2.45) is 10.9 Å². The molecule has 24 heavy (non-hydrogen) atoms. The van der Waals surface area contributed by atoms with E-state index in [4.69, 9.17) is 0 Å². The van der Waals surface area contributed by atoms with Crippen molar-refractivity contribution in [3.05, 3.63) is 17.5 Å². The number of aryl methyl sites for hydroxylation is 2. The first kappa shape index (κ1) is 23.0. The second-order valence-corrected chi connectivity index (χ2v) is 5.73. The van der Waals surface area contributed by atoms with Crippen LogP contribution >= 0.6 is 24.0 Å². The lowest BCUT2D eigenvalue weighted by molar-refractivity contribution is -0.132. The number of aliphatic imine (C=N–C) groups is 1. The highest BCUT2D eigenvalue weighted by atomic mass is 127. The van der Waals surface area contributed by atoms with Gasteiger partial charge in [0.25, 0.3) is 0 Å². The van der Waals surface area contributed by atoms with Crippen molar-refractivity contribution in [1.82, 2.24) is 20.4 Å². The minimum Gasteiger partial charge on any atom is -0.357 e. The van der Waals surface area contributed by atoms with Gasteiger partial charge in [0.1, 0.15) is 0 Å². The second-order valence-electron chi connectivity index (χ2n) is 5.73. The molecule has 1 rings (SSSR count). The Morgan fingerprint density at radius 2 is 2.00 bits per heavy atom. The van der Waals surface area contributed by atoms with Gasteiger partial charge in [-0.1, -0.05) is 6.92 Å². The van der Waals surface area contributed by atoms with Crippen molar-refractivity contribution in [2.75, 3.05) is 19.6 Å². The van der Waals surface area contributed by atoms with Gasteiger partial charge >= 0.3 is 6.18 Å². The minimum absolute atomic E-state index is 0. The van der Waals surface area contributed by atoms with Crippen LogP contribution in [-0.4, -0.2) is 41.6 Å². The molecule has 140 valence electrons. The zero-order valence-electron chi connectivity index (χ0n) is 14.6. The topological polar surface area (TPSA) is 54.2 Å². The molecule has 0 bridgehead atoms. The summed E-state index contributed by atoms with van der Waals surface area (Å²) >= 11 is 0. The predicted octanol–water partition coefficient (Wildman–Crippen LogP) is 3.26. The van der Waals surface area contributed by atoms with Crippen LogP contribution < -0.4 is 10.6 Å². The molecule has 0 aliphatic carbocycles. The first-order valence-corrected chi connectivity index (χ1v) is 7.81. The molecule has 1 atom stereocenters. The van der Waals surface area contributed by atoms with Crippen molar-refractivity contribution < 1.29 is 13.2 Å². The summed E-state index contributed by atoms with van der Waals surface area (Å²) in [6.45, 7) is 9.52. The number of hydrogen-bond donors (Lipinski definition) is 2. The van der Waals surface area contributed by atoms with E-state index >= 15 is 0 Å². The lowest BCUT2D eigenvalue weighted by atomic mass is 10.2. The van der Waals surface area contributed by atoms with E-state index < -0.39 is 12.6 Å². The highest BCUT2D eigenvalue weighted by Crippen LogP contribution is 2.18. The molecule has 0 spiro atoms. The number of hydrogen-bond acceptors (Lipinski definition) is 2. The molecule has 9 heteroatoms. The van der Waals surface area contributed by atoms with Crippen LogP contribution in [0.2, 0.25) is 0 Å². The zero-order chi connectivity index (χ0) is 17.5. The Morgan fingerprint density at radius 1 is 1.33 bits per heavy atom. The Hall–Kier alpha value is -1.00. The molecule has 0 aliphatic heterocycles. The molecule has 0 saturated heterocycles. The molecular weight excluding hydrogens is 434 g/mol. The van der Waals surface area contributed by atoms with E-state index in [1.807, 2.05) is 38.4 Å². The van der Waals surface area contributed by atoms with Gasteiger partial charge in [0.15, 0.2) is 5.96 Å². The maximum absolute atomic E-state index is 12.2. The third-order valence-electron chi connectivity index (χ3n) is 3.19. The van der Waals surface area contributed by atoms with E-state index in [1.54, 1.807) is 0 Å². The number of halogens is 4. The lowest BCUT2D eigenvalue weighted by Crippen LogP contribution is -2.39. The molecule has 0 aromatic carbocycles. The second kappa shape index (κ2) is 10.8. The van der Waals surface area contributed by atoms with Gasteiger partial charge in [-0.2, -0.15) is 18.3 Å². The van der Waals surface area contributed by atoms with Gasteiger partial charge in [-0.05, 0) is 32.8 Å². The Kier molecular flexibility index (Phi) is 10.3. The lowest BCUT2D eigenvalue weighted by Gasteiger charge is -2.15. The maximum Gasteiger partial charge on any atom is 0.390 e. The molecule has 0 saturated carbocycles. The standard InChI is InChI=1S/C15H26F3N5.HI/c1-5-19-14(20-7-6-15(16,17)18)21-9-11(2)10-23-13(4)8-12(3)22-23;/h8,11H,5-7,9-10H2,1-4H3,(H2,19,20,21);1H. The molecular formula is C15H27F3IN5. The van der Waals surface area contributed by atoms with Gasteiger partial charge in [-0.3, -0.25) is 9.67 Å². The number of nitrogens with one attached hydrogen (secondary N) is 2. The average Bonchev–Trinajstić information content (AvgIpc) is 2.72. The zero-order valence-corrected chi connectivity index (χ0v) is 16.9. The van der Waals surface area contributed by atoms with E-state index in [0.29, 0.717) is 19.0 Å². The number of rotatable bonds is 7. The average molecular weight is 461 g/mol. The molecule has 0 aliphatic rings. The smallest absolute Gasteiger partial charge is 0.357 e.